The van der Waals surface area contributed by atoms with Gasteiger partial charge in [0.1, 0.15) is 0 Å². The molecule has 0 spiro atoms. The van der Waals surface area contributed by atoms with Crippen LogP contribution in [0.5, 0.6) is 5.88 Å². The Hall–Kier alpha value is -2.24. The Morgan fingerprint density at radius 3 is 2.50 bits per heavy atom. The molecule has 1 aromatic heterocycles. The average molecular weight is 282 g/mol. The van der Waals surface area contributed by atoms with Gasteiger partial charge in [0, 0.05) is 23.5 Å². The number of halogens is 3. The Bertz CT molecular complexity index is 639. The van der Waals surface area contributed by atoms with Crippen molar-refractivity contribution in [2.45, 2.75) is 13.1 Å². The SMILES string of the molecule is COc1cc(-c2ccc(C(F)(F)F)c(C)c2N)ccn1. The first kappa shape index (κ1) is 14.2. The van der Waals surface area contributed by atoms with Gasteiger partial charge in [-0.25, -0.2) is 4.98 Å². The van der Waals surface area contributed by atoms with Crippen LogP contribution in [0.2, 0.25) is 0 Å². The zero-order chi connectivity index (χ0) is 14.9. The quantitative estimate of drug-likeness (QED) is 0.855. The van der Waals surface area contributed by atoms with Crippen LogP contribution in [0.3, 0.4) is 0 Å². The second-order valence-electron chi connectivity index (χ2n) is 4.28. The van der Waals surface area contributed by atoms with E-state index in [4.69, 9.17) is 10.5 Å². The van der Waals surface area contributed by atoms with E-state index in [-0.39, 0.29) is 11.3 Å². The monoisotopic (exact) mass is 282 g/mol. The second kappa shape index (κ2) is 5.03. The van der Waals surface area contributed by atoms with Crippen molar-refractivity contribution >= 4 is 5.69 Å². The summed E-state index contributed by atoms with van der Waals surface area (Å²) < 4.78 is 43.4. The van der Waals surface area contributed by atoms with E-state index < -0.39 is 11.7 Å². The van der Waals surface area contributed by atoms with Crippen molar-refractivity contribution in [3.63, 3.8) is 0 Å². The van der Waals surface area contributed by atoms with Gasteiger partial charge in [0.15, 0.2) is 0 Å². The molecule has 0 aliphatic carbocycles. The molecule has 0 bridgehead atoms. The van der Waals surface area contributed by atoms with Crippen LogP contribution in [0, 0.1) is 6.92 Å². The zero-order valence-corrected chi connectivity index (χ0v) is 11.0. The van der Waals surface area contributed by atoms with Gasteiger partial charge in [-0.1, -0.05) is 6.07 Å². The van der Waals surface area contributed by atoms with Crippen molar-refractivity contribution in [1.82, 2.24) is 4.98 Å². The Labute approximate surface area is 114 Å². The number of aromatic nitrogens is 1. The first-order valence-electron chi connectivity index (χ1n) is 5.81. The number of alkyl halides is 3. The van der Waals surface area contributed by atoms with Crippen molar-refractivity contribution in [2.24, 2.45) is 0 Å². The molecule has 20 heavy (non-hydrogen) atoms. The van der Waals surface area contributed by atoms with Crippen LogP contribution < -0.4 is 10.5 Å². The number of ether oxygens (including phenoxy) is 1. The van der Waals surface area contributed by atoms with Gasteiger partial charge < -0.3 is 10.5 Å². The molecule has 1 heterocycles. The minimum Gasteiger partial charge on any atom is -0.481 e. The number of hydrogen-bond donors (Lipinski definition) is 1. The van der Waals surface area contributed by atoms with Gasteiger partial charge in [-0.15, -0.1) is 0 Å². The number of nitrogens with two attached hydrogens (primary N) is 1. The van der Waals surface area contributed by atoms with Crippen LogP contribution in [-0.4, -0.2) is 12.1 Å². The van der Waals surface area contributed by atoms with Crippen LogP contribution in [0.4, 0.5) is 18.9 Å². The molecule has 2 N–H and O–H groups in total. The maximum absolute atomic E-state index is 12.8. The van der Waals surface area contributed by atoms with Crippen molar-refractivity contribution in [3.8, 4) is 17.0 Å². The molecular formula is C14H13F3N2O. The predicted molar refractivity (Wildman–Crippen MR) is 70.4 cm³/mol. The summed E-state index contributed by atoms with van der Waals surface area (Å²) in [6, 6.07) is 5.69. The Morgan fingerprint density at radius 2 is 1.90 bits per heavy atom. The number of nitrogen functional groups attached to an aromatic ring is 1. The van der Waals surface area contributed by atoms with E-state index >= 15 is 0 Å². The van der Waals surface area contributed by atoms with E-state index in [1.54, 1.807) is 12.1 Å². The highest BCUT2D eigenvalue weighted by atomic mass is 19.4. The van der Waals surface area contributed by atoms with E-state index in [0.717, 1.165) is 6.07 Å². The smallest absolute Gasteiger partial charge is 0.416 e. The molecule has 0 saturated heterocycles. The number of methoxy groups -OCH3 is 1. The lowest BCUT2D eigenvalue weighted by Gasteiger charge is -2.15. The minimum atomic E-state index is -4.41. The summed E-state index contributed by atoms with van der Waals surface area (Å²) >= 11 is 0. The van der Waals surface area contributed by atoms with E-state index in [1.165, 1.54) is 26.3 Å². The minimum absolute atomic E-state index is 0.0192. The molecule has 1 aromatic carbocycles. The van der Waals surface area contributed by atoms with Crippen molar-refractivity contribution in [2.75, 3.05) is 12.8 Å². The second-order valence-corrected chi connectivity index (χ2v) is 4.28. The molecule has 0 atom stereocenters. The normalized spacial score (nSPS) is 11.4. The maximum atomic E-state index is 12.8. The third-order valence-electron chi connectivity index (χ3n) is 3.08. The summed E-state index contributed by atoms with van der Waals surface area (Å²) in [6.07, 6.45) is -2.90. The maximum Gasteiger partial charge on any atom is 0.416 e. The van der Waals surface area contributed by atoms with E-state index in [0.29, 0.717) is 17.0 Å². The van der Waals surface area contributed by atoms with Crippen LogP contribution in [0.15, 0.2) is 30.5 Å². The van der Waals surface area contributed by atoms with Crippen molar-refractivity contribution in [1.29, 1.82) is 0 Å². The molecule has 0 fully saturated rings. The van der Waals surface area contributed by atoms with Crippen molar-refractivity contribution < 1.29 is 17.9 Å². The zero-order valence-electron chi connectivity index (χ0n) is 11.0. The van der Waals surface area contributed by atoms with Crippen LogP contribution >= 0.6 is 0 Å². The highest BCUT2D eigenvalue weighted by Crippen LogP contribution is 2.38. The van der Waals surface area contributed by atoms with Crippen LogP contribution in [0.1, 0.15) is 11.1 Å². The highest BCUT2D eigenvalue weighted by molar-refractivity contribution is 5.79. The topological polar surface area (TPSA) is 48.1 Å². The van der Waals surface area contributed by atoms with Gasteiger partial charge in [-0.3, -0.25) is 0 Å². The molecule has 0 aliphatic rings. The Kier molecular flexibility index (Phi) is 3.57. The lowest BCUT2D eigenvalue weighted by molar-refractivity contribution is -0.138. The molecule has 6 heteroatoms. The summed E-state index contributed by atoms with van der Waals surface area (Å²) in [5.41, 5.74) is 6.43. The fourth-order valence-electron chi connectivity index (χ4n) is 1.98. The molecule has 2 aromatic rings. The molecule has 3 nitrogen and oxygen atoms in total. The molecule has 106 valence electrons. The highest BCUT2D eigenvalue weighted by Gasteiger charge is 2.33. The molecule has 0 saturated carbocycles. The molecule has 2 rings (SSSR count). The standard InChI is InChI=1S/C14H13F3N2O/c1-8-11(14(15,16)17)4-3-10(13(8)18)9-5-6-19-12(7-9)20-2/h3-7H,18H2,1-2H3. The predicted octanol–water partition coefficient (Wildman–Crippen LogP) is 3.67. The number of pyridine rings is 1. The number of hydrogen-bond acceptors (Lipinski definition) is 3. The Morgan fingerprint density at radius 1 is 1.20 bits per heavy atom. The fraction of sp³-hybridized carbons (Fsp3) is 0.214. The lowest BCUT2D eigenvalue weighted by Crippen LogP contribution is -2.09. The Balaban J connectivity index is 2.56. The largest absolute Gasteiger partial charge is 0.481 e. The summed E-state index contributed by atoms with van der Waals surface area (Å²) in [4.78, 5) is 3.95. The van der Waals surface area contributed by atoms with E-state index in [1.807, 2.05) is 0 Å². The molecule has 0 unspecified atom stereocenters. The summed E-state index contributed by atoms with van der Waals surface area (Å²) in [5, 5.41) is 0. The average Bonchev–Trinajstić information content (AvgIpc) is 2.40. The first-order valence-corrected chi connectivity index (χ1v) is 5.81. The van der Waals surface area contributed by atoms with Gasteiger partial charge >= 0.3 is 6.18 Å². The van der Waals surface area contributed by atoms with Gasteiger partial charge in [0.2, 0.25) is 5.88 Å². The van der Waals surface area contributed by atoms with E-state index in [9.17, 15) is 13.2 Å². The summed E-state index contributed by atoms with van der Waals surface area (Å²) in [6.45, 7) is 1.36. The fourth-order valence-corrected chi connectivity index (χ4v) is 1.98. The third kappa shape index (κ3) is 2.54. The number of nitrogens with zero attached hydrogens (tertiary/aromatic N) is 1. The van der Waals surface area contributed by atoms with Gasteiger partial charge in [-0.05, 0) is 30.2 Å². The van der Waals surface area contributed by atoms with Crippen molar-refractivity contribution in [3.05, 3.63) is 41.6 Å². The van der Waals surface area contributed by atoms with Crippen LogP contribution in [-0.2, 0) is 6.18 Å². The molecule has 0 aliphatic heterocycles. The van der Waals surface area contributed by atoms with Gasteiger partial charge in [0.25, 0.3) is 0 Å². The van der Waals surface area contributed by atoms with Gasteiger partial charge in [-0.2, -0.15) is 13.2 Å². The van der Waals surface area contributed by atoms with Crippen LogP contribution in [0.25, 0.3) is 11.1 Å². The molecular weight excluding hydrogens is 269 g/mol. The number of benzene rings is 1. The van der Waals surface area contributed by atoms with Gasteiger partial charge in [0.05, 0.1) is 12.7 Å². The number of rotatable bonds is 2. The first-order chi connectivity index (χ1) is 9.34. The van der Waals surface area contributed by atoms with E-state index in [2.05, 4.69) is 4.98 Å². The molecule has 0 amide bonds. The summed E-state index contributed by atoms with van der Waals surface area (Å²) in [5.74, 6) is 0.374. The molecule has 0 radical (unpaired) electrons. The number of anilines is 1. The third-order valence-corrected chi connectivity index (χ3v) is 3.08. The summed E-state index contributed by atoms with van der Waals surface area (Å²) in [7, 11) is 1.47. The lowest BCUT2D eigenvalue weighted by atomic mass is 9.97.